The van der Waals surface area contributed by atoms with Gasteiger partial charge >= 0.3 is 29.6 Å². The van der Waals surface area contributed by atoms with Gasteiger partial charge in [0.1, 0.15) is 5.75 Å². The summed E-state index contributed by atoms with van der Waals surface area (Å²) in [5.41, 5.74) is 0.928. The average molecular weight is 158 g/mol. The molecule has 54 valence electrons. The van der Waals surface area contributed by atoms with Crippen LogP contribution in [0.2, 0.25) is 0 Å². The van der Waals surface area contributed by atoms with Gasteiger partial charge in [-0.1, -0.05) is 24.3 Å². The molecule has 0 heterocycles. The van der Waals surface area contributed by atoms with Gasteiger partial charge in [-0.25, -0.2) is 0 Å². The van der Waals surface area contributed by atoms with E-state index in [1.165, 1.54) is 0 Å². The molecular formula is C9H11NaO. The summed E-state index contributed by atoms with van der Waals surface area (Å²) in [5.74, 6) is 0.349. The molecule has 0 spiro atoms. The molecule has 0 atom stereocenters. The average Bonchev–Trinajstić information content (AvgIpc) is 1.94. The van der Waals surface area contributed by atoms with Crippen LogP contribution >= 0.6 is 0 Å². The van der Waals surface area contributed by atoms with E-state index >= 15 is 0 Å². The van der Waals surface area contributed by atoms with Crippen molar-refractivity contribution in [2.45, 2.75) is 6.42 Å². The quantitative estimate of drug-likeness (QED) is 0.443. The summed E-state index contributed by atoms with van der Waals surface area (Å²) in [4.78, 5) is 0. The Morgan fingerprint density at radius 1 is 1.45 bits per heavy atom. The molecule has 1 rings (SSSR count). The Morgan fingerprint density at radius 3 is 2.64 bits per heavy atom. The summed E-state index contributed by atoms with van der Waals surface area (Å²) in [6.07, 6.45) is 2.50. The van der Waals surface area contributed by atoms with Crippen molar-refractivity contribution in [2.75, 3.05) is 0 Å². The summed E-state index contributed by atoms with van der Waals surface area (Å²) >= 11 is 0. The first-order chi connectivity index (χ1) is 4.84. The first-order valence-corrected chi connectivity index (χ1v) is 3.22. The van der Waals surface area contributed by atoms with E-state index in [-0.39, 0.29) is 31.0 Å². The molecule has 0 amide bonds. The minimum Gasteiger partial charge on any atom is -1.00 e. The van der Waals surface area contributed by atoms with Gasteiger partial charge in [-0.15, -0.1) is 6.58 Å². The monoisotopic (exact) mass is 158 g/mol. The van der Waals surface area contributed by atoms with Crippen LogP contribution in [0.5, 0.6) is 5.75 Å². The first kappa shape index (κ1) is 10.8. The van der Waals surface area contributed by atoms with Crippen LogP contribution in [0, 0.1) is 0 Å². The topological polar surface area (TPSA) is 20.2 Å². The Bertz CT molecular complexity index is 238. The number of rotatable bonds is 2. The van der Waals surface area contributed by atoms with Crippen LogP contribution in [0.1, 0.15) is 6.99 Å². The van der Waals surface area contributed by atoms with Gasteiger partial charge in [0.05, 0.1) is 0 Å². The van der Waals surface area contributed by atoms with E-state index in [0.29, 0.717) is 5.75 Å². The van der Waals surface area contributed by atoms with Crippen molar-refractivity contribution >= 4 is 0 Å². The van der Waals surface area contributed by atoms with Crippen LogP contribution in [0.25, 0.3) is 0 Å². The fourth-order valence-corrected chi connectivity index (χ4v) is 0.839. The molecule has 0 radical (unpaired) electrons. The molecule has 0 aliphatic heterocycles. The molecule has 2 heteroatoms. The zero-order valence-corrected chi connectivity index (χ0v) is 8.75. The normalized spacial score (nSPS) is 8.36. The molecular weight excluding hydrogens is 147 g/mol. The van der Waals surface area contributed by atoms with Crippen molar-refractivity contribution in [3.63, 3.8) is 0 Å². The van der Waals surface area contributed by atoms with Crippen LogP contribution < -0.4 is 29.6 Å². The molecule has 0 aliphatic carbocycles. The van der Waals surface area contributed by atoms with Crippen molar-refractivity contribution in [2.24, 2.45) is 0 Å². The molecule has 0 saturated heterocycles. The number of phenolic OH excluding ortho intramolecular Hbond substituents is 1. The molecule has 0 unspecified atom stereocenters. The SMILES string of the molecule is C=CCc1ccccc1O.[H-].[Na+]. The summed E-state index contributed by atoms with van der Waals surface area (Å²) in [7, 11) is 0. The summed E-state index contributed by atoms with van der Waals surface area (Å²) in [6.45, 7) is 3.59. The van der Waals surface area contributed by atoms with E-state index in [9.17, 15) is 5.11 Å². The summed E-state index contributed by atoms with van der Waals surface area (Å²) in [6, 6.07) is 7.27. The molecule has 1 N–H and O–H groups in total. The molecule has 11 heavy (non-hydrogen) atoms. The number of aromatic hydroxyl groups is 1. The van der Waals surface area contributed by atoms with Crippen molar-refractivity contribution in [1.82, 2.24) is 0 Å². The second kappa shape index (κ2) is 5.42. The molecule has 0 aliphatic rings. The molecule has 0 aromatic heterocycles. The second-order valence-electron chi connectivity index (χ2n) is 2.12. The maximum absolute atomic E-state index is 9.19. The fourth-order valence-electron chi connectivity index (χ4n) is 0.839. The molecule has 0 bridgehead atoms. The largest absolute Gasteiger partial charge is 1.00 e. The van der Waals surface area contributed by atoms with E-state index < -0.39 is 0 Å². The van der Waals surface area contributed by atoms with Gasteiger partial charge in [-0.2, -0.15) is 0 Å². The van der Waals surface area contributed by atoms with E-state index in [4.69, 9.17) is 0 Å². The standard InChI is InChI=1S/C9H10O.Na.H/c1-2-5-8-6-3-4-7-9(8)10;;/h2-4,6-7,10H,1,5H2;;/q;+1;-1. The minimum atomic E-state index is 0. The van der Waals surface area contributed by atoms with E-state index in [2.05, 4.69) is 6.58 Å². The van der Waals surface area contributed by atoms with Crippen LogP contribution in [-0.4, -0.2) is 5.11 Å². The van der Waals surface area contributed by atoms with Crippen LogP contribution in [0.3, 0.4) is 0 Å². The smallest absolute Gasteiger partial charge is 1.00 e. The third kappa shape index (κ3) is 3.10. The van der Waals surface area contributed by atoms with Gasteiger partial charge in [0, 0.05) is 0 Å². The minimum absolute atomic E-state index is 0. The van der Waals surface area contributed by atoms with Crippen molar-refractivity contribution in [1.29, 1.82) is 0 Å². The van der Waals surface area contributed by atoms with Crippen LogP contribution in [0.4, 0.5) is 0 Å². The molecule has 1 nitrogen and oxygen atoms in total. The third-order valence-electron chi connectivity index (χ3n) is 1.36. The number of allylic oxidation sites excluding steroid dienone is 1. The van der Waals surface area contributed by atoms with E-state index in [1.807, 2.05) is 18.2 Å². The predicted octanol–water partition coefficient (Wildman–Crippen LogP) is -0.763. The number of hydrogen-bond acceptors (Lipinski definition) is 1. The Morgan fingerprint density at radius 2 is 2.09 bits per heavy atom. The fraction of sp³-hybridized carbons (Fsp3) is 0.111. The summed E-state index contributed by atoms with van der Waals surface area (Å²) < 4.78 is 0. The number of para-hydroxylation sites is 1. The van der Waals surface area contributed by atoms with Gasteiger partial charge < -0.3 is 6.53 Å². The van der Waals surface area contributed by atoms with E-state index in [0.717, 1.165) is 12.0 Å². The van der Waals surface area contributed by atoms with Crippen molar-refractivity contribution in [3.8, 4) is 5.75 Å². The molecule has 1 aromatic rings. The van der Waals surface area contributed by atoms with Gasteiger partial charge in [0.25, 0.3) is 0 Å². The van der Waals surface area contributed by atoms with Gasteiger partial charge in [-0.05, 0) is 18.1 Å². The Hall–Kier alpha value is -0.240. The number of hydrogen-bond donors (Lipinski definition) is 1. The Balaban J connectivity index is 0. The van der Waals surface area contributed by atoms with Crippen LogP contribution in [0.15, 0.2) is 36.9 Å². The first-order valence-electron chi connectivity index (χ1n) is 3.22. The summed E-state index contributed by atoms with van der Waals surface area (Å²) in [5, 5.41) is 9.19. The molecule has 1 aromatic carbocycles. The maximum Gasteiger partial charge on any atom is 1.00 e. The zero-order valence-electron chi connectivity index (χ0n) is 7.75. The van der Waals surface area contributed by atoms with Gasteiger partial charge in [-0.3, -0.25) is 0 Å². The van der Waals surface area contributed by atoms with Crippen LogP contribution in [-0.2, 0) is 6.42 Å². The number of benzene rings is 1. The zero-order chi connectivity index (χ0) is 7.40. The second-order valence-corrected chi connectivity index (χ2v) is 2.12. The predicted molar refractivity (Wildman–Crippen MR) is 43.1 cm³/mol. The molecule has 0 saturated carbocycles. The van der Waals surface area contributed by atoms with Crippen molar-refractivity contribution in [3.05, 3.63) is 42.5 Å². The maximum atomic E-state index is 9.19. The van der Waals surface area contributed by atoms with Gasteiger partial charge in [0.15, 0.2) is 0 Å². The Kier molecular flexibility index (Phi) is 5.30. The van der Waals surface area contributed by atoms with Gasteiger partial charge in [0.2, 0.25) is 0 Å². The van der Waals surface area contributed by atoms with E-state index in [1.54, 1.807) is 12.1 Å². The van der Waals surface area contributed by atoms with Crippen molar-refractivity contribution < 1.29 is 36.1 Å². The Labute approximate surface area is 90.5 Å². The third-order valence-corrected chi connectivity index (χ3v) is 1.36. The number of phenols is 1. The molecule has 0 fully saturated rings.